The number of hydrogen-bond donors (Lipinski definition) is 2. The largest absolute Gasteiger partial charge is 0.459 e. The fourth-order valence-corrected chi connectivity index (χ4v) is 11.0. The minimum absolute atomic E-state index is 0.00916. The predicted octanol–water partition coefficient (Wildman–Crippen LogP) is 12.0. The Balaban J connectivity index is 1.34. The number of benzene rings is 5. The molecule has 6 unspecified atom stereocenters. The highest BCUT2D eigenvalue weighted by atomic mass is 35.5. The van der Waals surface area contributed by atoms with Gasteiger partial charge in [0.25, 0.3) is 5.69 Å². The maximum absolute atomic E-state index is 14.9. The van der Waals surface area contributed by atoms with E-state index in [0.29, 0.717) is 41.4 Å². The van der Waals surface area contributed by atoms with Crippen molar-refractivity contribution < 1.29 is 43.7 Å². The van der Waals surface area contributed by atoms with E-state index in [2.05, 4.69) is 18.7 Å². The third kappa shape index (κ3) is 11.2. The number of nitro benzene ring substituents is 1. The van der Waals surface area contributed by atoms with Crippen LogP contribution in [-0.4, -0.2) is 82.2 Å². The minimum atomic E-state index is -1.55. The molecular formula is C55H60ClN3O10S. The van der Waals surface area contributed by atoms with Crippen molar-refractivity contribution in [3.8, 4) is 17.2 Å². The van der Waals surface area contributed by atoms with E-state index in [9.17, 15) is 25.1 Å². The van der Waals surface area contributed by atoms with Gasteiger partial charge in [-0.2, -0.15) is 0 Å². The third-order valence-electron chi connectivity index (χ3n) is 13.6. The maximum Gasteiger partial charge on any atom is 0.410 e. The topological polar surface area (TPSA) is 162 Å². The monoisotopic (exact) mass is 989 g/mol. The number of fused-ring (bicyclic) bond motifs is 3. The van der Waals surface area contributed by atoms with Crippen molar-refractivity contribution in [1.82, 2.24) is 4.90 Å². The number of carbonyl (C=O) groups is 1. The normalized spacial score (nSPS) is 21.7. The second-order valence-corrected chi connectivity index (χ2v) is 19.1. The number of rotatable bonds is 23. The van der Waals surface area contributed by atoms with Gasteiger partial charge in [0.1, 0.15) is 36.5 Å². The molecule has 2 aliphatic carbocycles. The van der Waals surface area contributed by atoms with Gasteiger partial charge in [0.05, 0.1) is 35.6 Å². The summed E-state index contributed by atoms with van der Waals surface area (Å²) in [5.74, 6) is -0.532. The van der Waals surface area contributed by atoms with Crippen molar-refractivity contribution in [1.29, 1.82) is 0 Å². The first-order valence-electron chi connectivity index (χ1n) is 23.9. The molecule has 0 saturated heterocycles. The number of oxime groups is 1. The van der Waals surface area contributed by atoms with Crippen molar-refractivity contribution in [2.24, 2.45) is 22.9 Å². The summed E-state index contributed by atoms with van der Waals surface area (Å²) in [7, 11) is 0. The van der Waals surface area contributed by atoms with E-state index >= 15 is 0 Å². The summed E-state index contributed by atoms with van der Waals surface area (Å²) < 4.78 is 27.2. The first-order chi connectivity index (χ1) is 34.2. The van der Waals surface area contributed by atoms with Gasteiger partial charge >= 0.3 is 6.09 Å². The summed E-state index contributed by atoms with van der Waals surface area (Å²) in [6, 6.07) is 33.1. The number of carbonyl (C=O) groups excluding carboxylic acids is 1. The molecule has 1 saturated carbocycles. The van der Waals surface area contributed by atoms with Crippen LogP contribution in [0, 0.1) is 27.9 Å². The molecular weight excluding hydrogens is 930 g/mol. The average Bonchev–Trinajstić information content (AvgIpc) is 3.38. The molecule has 1 heterocycles. The molecule has 1 amide bonds. The van der Waals surface area contributed by atoms with Gasteiger partial charge in [-0.15, -0.1) is 29.9 Å². The van der Waals surface area contributed by atoms with Crippen LogP contribution in [0.4, 0.5) is 10.5 Å². The molecule has 368 valence electrons. The van der Waals surface area contributed by atoms with Gasteiger partial charge in [0.15, 0.2) is 0 Å². The molecule has 5 aromatic rings. The SMILES string of the molecule is C=CCOC12Oc3ccc(Oc4ccc(SC)cc4)cc3C3C(CCCCO)C(CCCCO)C=C(C(=NOCc4ccc([N+](=O)[O-])cc4)CC1N(Cc1cccc4ccccc14)C(=O)OCCCl)C32. The van der Waals surface area contributed by atoms with E-state index in [1.165, 1.54) is 12.1 Å². The van der Waals surface area contributed by atoms with Crippen LogP contribution in [0.5, 0.6) is 17.2 Å². The number of alkyl halides is 1. The Bertz CT molecular complexity index is 2660. The lowest BCUT2D eigenvalue weighted by molar-refractivity contribution is -0.384. The van der Waals surface area contributed by atoms with Crippen molar-refractivity contribution >= 4 is 51.6 Å². The lowest BCUT2D eigenvalue weighted by Gasteiger charge is -2.59. The predicted molar refractivity (Wildman–Crippen MR) is 273 cm³/mol. The first kappa shape index (κ1) is 50.5. The van der Waals surface area contributed by atoms with Crippen LogP contribution in [0.25, 0.3) is 10.8 Å². The molecule has 0 radical (unpaired) electrons. The van der Waals surface area contributed by atoms with Gasteiger partial charge in [-0.3, -0.25) is 15.0 Å². The summed E-state index contributed by atoms with van der Waals surface area (Å²) in [5, 5.41) is 38.5. The number of aliphatic hydroxyl groups excluding tert-OH is 2. The number of nitrogens with zero attached hydrogens (tertiary/aromatic N) is 3. The molecule has 0 bridgehead atoms. The Morgan fingerprint density at radius 2 is 1.71 bits per heavy atom. The zero-order valence-electron chi connectivity index (χ0n) is 39.3. The van der Waals surface area contributed by atoms with E-state index in [1.807, 2.05) is 85.1 Å². The van der Waals surface area contributed by atoms with Crippen LogP contribution >= 0.6 is 23.4 Å². The highest BCUT2D eigenvalue weighted by Gasteiger charge is 2.65. The number of thioether (sulfide) groups is 1. The van der Waals surface area contributed by atoms with E-state index < -0.39 is 28.8 Å². The second kappa shape index (κ2) is 23.8. The second-order valence-electron chi connectivity index (χ2n) is 17.8. The van der Waals surface area contributed by atoms with Crippen molar-refractivity contribution in [2.75, 3.05) is 38.6 Å². The first-order valence-corrected chi connectivity index (χ1v) is 25.7. The Kier molecular flexibility index (Phi) is 17.2. The maximum atomic E-state index is 14.9. The number of hydrogen-bond acceptors (Lipinski definition) is 12. The van der Waals surface area contributed by atoms with E-state index in [4.69, 9.17) is 40.5 Å². The van der Waals surface area contributed by atoms with Gasteiger partial charge in [-0.05, 0) is 126 Å². The molecule has 2 N–H and O–H groups in total. The van der Waals surface area contributed by atoms with E-state index in [0.717, 1.165) is 58.1 Å². The third-order valence-corrected chi connectivity index (χ3v) is 14.5. The molecule has 1 aliphatic heterocycles. The number of aliphatic hydroxyl groups is 2. The standard InChI is InChI=1S/C55H60ClN3O10S/c1-3-30-66-55-51(58(54(62)65-31-27-56)35-40-14-10-13-38-11-4-5-15-45(38)40)34-49(57-67-36-37-17-19-41(20-18-37)59(63)64)47-32-39(12-6-8-28-60)46(16-7-9-29-61)52(53(47)55)48-33-43(23-26-50(48)69-55)68-42-21-24-44(70-2)25-22-42/h3-5,10-11,13-15,17-26,32-33,39,46,51-53,60-61H,1,6-9,12,16,27-31,34-36H2,2H3. The number of allylic oxidation sites excluding steroid dienone is 1. The number of amides is 1. The van der Waals surface area contributed by atoms with Crippen LogP contribution < -0.4 is 9.47 Å². The van der Waals surface area contributed by atoms with Crippen LogP contribution in [0.3, 0.4) is 0 Å². The summed E-state index contributed by atoms with van der Waals surface area (Å²) >= 11 is 7.84. The number of halogens is 1. The summed E-state index contributed by atoms with van der Waals surface area (Å²) in [6.45, 7) is 4.35. The smallest absolute Gasteiger partial charge is 0.410 e. The van der Waals surface area contributed by atoms with Crippen molar-refractivity contribution in [3.05, 3.63) is 160 Å². The molecule has 8 rings (SSSR count). The van der Waals surface area contributed by atoms with Crippen LogP contribution in [0.1, 0.15) is 67.6 Å². The highest BCUT2D eigenvalue weighted by Crippen LogP contribution is 2.62. The van der Waals surface area contributed by atoms with Gasteiger partial charge < -0.3 is 34.0 Å². The van der Waals surface area contributed by atoms with Crippen LogP contribution in [-0.2, 0) is 27.5 Å². The fourth-order valence-electron chi connectivity index (χ4n) is 10.5. The van der Waals surface area contributed by atoms with Crippen LogP contribution in [0.15, 0.2) is 144 Å². The Morgan fingerprint density at radius 3 is 2.44 bits per heavy atom. The zero-order valence-corrected chi connectivity index (χ0v) is 40.9. The molecule has 13 nitrogen and oxygen atoms in total. The van der Waals surface area contributed by atoms with Crippen molar-refractivity contribution in [2.45, 2.75) is 80.7 Å². The van der Waals surface area contributed by atoms with Gasteiger partial charge in [-0.1, -0.05) is 72.6 Å². The highest BCUT2D eigenvalue weighted by molar-refractivity contribution is 7.98. The Hall–Kier alpha value is -5.90. The summed E-state index contributed by atoms with van der Waals surface area (Å²) in [6.07, 6.45) is 9.77. The molecule has 5 aromatic carbocycles. The van der Waals surface area contributed by atoms with Gasteiger partial charge in [0, 0.05) is 48.1 Å². The fraction of sp³-hybridized carbons (Fsp3) is 0.382. The lowest BCUT2D eigenvalue weighted by atomic mass is 9.55. The Labute approximate surface area is 418 Å². The molecule has 0 spiro atoms. The van der Waals surface area contributed by atoms with E-state index in [-0.39, 0.29) is 75.3 Å². The average molecular weight is 991 g/mol. The van der Waals surface area contributed by atoms with E-state index in [1.54, 1.807) is 34.9 Å². The Morgan fingerprint density at radius 1 is 0.971 bits per heavy atom. The summed E-state index contributed by atoms with van der Waals surface area (Å²) in [4.78, 5) is 35.0. The number of nitro groups is 1. The molecule has 3 aliphatic rings. The number of unbranched alkanes of at least 4 members (excludes halogenated alkanes) is 2. The molecule has 6 atom stereocenters. The van der Waals surface area contributed by atoms with Crippen LogP contribution in [0.2, 0.25) is 0 Å². The number of ether oxygens (including phenoxy) is 4. The minimum Gasteiger partial charge on any atom is -0.459 e. The van der Waals surface area contributed by atoms with Gasteiger partial charge in [0.2, 0.25) is 5.79 Å². The van der Waals surface area contributed by atoms with Crippen molar-refractivity contribution in [3.63, 3.8) is 0 Å². The molecule has 1 fully saturated rings. The number of non-ortho nitro benzene ring substituents is 1. The van der Waals surface area contributed by atoms with Gasteiger partial charge in [-0.25, -0.2) is 4.79 Å². The molecule has 0 aromatic heterocycles. The molecule has 15 heteroatoms. The zero-order chi connectivity index (χ0) is 49.0. The lowest BCUT2D eigenvalue weighted by Crippen LogP contribution is -2.70. The summed E-state index contributed by atoms with van der Waals surface area (Å²) in [5.41, 5.74) is 3.87. The molecule has 70 heavy (non-hydrogen) atoms. The quantitative estimate of drug-likeness (QED) is 0.0160.